The first-order valence-corrected chi connectivity index (χ1v) is 4.02. The Kier molecular flexibility index (Phi) is 2.96. The number of ketones is 1. The SMILES string of the molecule is COC(F)(F)c1cccc(C(C)=O)c1. The second-order valence-electron chi connectivity index (χ2n) is 2.86. The molecule has 0 aromatic heterocycles. The zero-order valence-corrected chi connectivity index (χ0v) is 7.88. The summed E-state index contributed by atoms with van der Waals surface area (Å²) >= 11 is 0. The van der Waals surface area contributed by atoms with E-state index < -0.39 is 6.11 Å². The Morgan fingerprint density at radius 1 is 1.43 bits per heavy atom. The molecule has 0 radical (unpaired) electrons. The molecule has 0 bridgehead atoms. The lowest BCUT2D eigenvalue weighted by Gasteiger charge is -2.14. The second kappa shape index (κ2) is 3.84. The third-order valence-corrected chi connectivity index (χ3v) is 1.86. The van der Waals surface area contributed by atoms with Gasteiger partial charge in [0.15, 0.2) is 5.78 Å². The predicted molar refractivity (Wildman–Crippen MR) is 47.3 cm³/mol. The van der Waals surface area contributed by atoms with E-state index in [9.17, 15) is 13.6 Å². The van der Waals surface area contributed by atoms with Crippen LogP contribution in [0.25, 0.3) is 0 Å². The number of halogens is 2. The van der Waals surface area contributed by atoms with Crippen LogP contribution in [0.1, 0.15) is 22.8 Å². The van der Waals surface area contributed by atoms with Crippen molar-refractivity contribution in [2.45, 2.75) is 13.0 Å². The first kappa shape index (κ1) is 10.8. The first-order chi connectivity index (χ1) is 6.47. The van der Waals surface area contributed by atoms with E-state index in [0.717, 1.165) is 13.2 Å². The van der Waals surface area contributed by atoms with Crippen LogP contribution in [-0.2, 0) is 10.8 Å². The number of methoxy groups -OCH3 is 1. The molecule has 4 heteroatoms. The zero-order valence-electron chi connectivity index (χ0n) is 7.88. The van der Waals surface area contributed by atoms with Crippen molar-refractivity contribution < 1.29 is 18.3 Å². The average Bonchev–Trinajstić information content (AvgIpc) is 2.18. The van der Waals surface area contributed by atoms with Gasteiger partial charge in [0.05, 0.1) is 5.56 Å². The third kappa shape index (κ3) is 2.14. The molecule has 0 atom stereocenters. The summed E-state index contributed by atoms with van der Waals surface area (Å²) in [7, 11) is 0.917. The van der Waals surface area contributed by atoms with E-state index in [2.05, 4.69) is 4.74 Å². The highest BCUT2D eigenvalue weighted by Crippen LogP contribution is 2.28. The van der Waals surface area contributed by atoms with E-state index in [0.29, 0.717) is 0 Å². The van der Waals surface area contributed by atoms with Crippen molar-refractivity contribution in [2.75, 3.05) is 7.11 Å². The van der Waals surface area contributed by atoms with Gasteiger partial charge >= 0.3 is 6.11 Å². The molecule has 0 fully saturated rings. The number of carbonyl (C=O) groups excluding carboxylic acids is 1. The molecule has 0 aliphatic heterocycles. The maximum absolute atomic E-state index is 13.0. The van der Waals surface area contributed by atoms with Crippen LogP contribution in [-0.4, -0.2) is 12.9 Å². The number of benzene rings is 1. The van der Waals surface area contributed by atoms with E-state index in [1.165, 1.54) is 25.1 Å². The fourth-order valence-electron chi connectivity index (χ4n) is 1.04. The Labute approximate surface area is 80.5 Å². The number of ether oxygens (including phenoxy) is 1. The van der Waals surface area contributed by atoms with Crippen LogP contribution in [0.15, 0.2) is 24.3 Å². The van der Waals surface area contributed by atoms with Crippen LogP contribution in [0.2, 0.25) is 0 Å². The zero-order chi connectivity index (χ0) is 10.8. The number of hydrogen-bond acceptors (Lipinski definition) is 2. The summed E-state index contributed by atoms with van der Waals surface area (Å²) in [6.07, 6.45) is -3.34. The van der Waals surface area contributed by atoms with Gasteiger partial charge in [-0.1, -0.05) is 18.2 Å². The topological polar surface area (TPSA) is 26.3 Å². The Morgan fingerprint density at radius 2 is 2.07 bits per heavy atom. The van der Waals surface area contributed by atoms with Crippen molar-refractivity contribution >= 4 is 5.78 Å². The van der Waals surface area contributed by atoms with Crippen LogP contribution in [0, 0.1) is 0 Å². The predicted octanol–water partition coefficient (Wildman–Crippen LogP) is 2.58. The molecule has 0 aliphatic rings. The lowest BCUT2D eigenvalue weighted by atomic mass is 10.1. The summed E-state index contributed by atoms with van der Waals surface area (Å²) in [6.45, 7) is 1.32. The molecule has 0 amide bonds. The number of carbonyl (C=O) groups is 1. The van der Waals surface area contributed by atoms with Gasteiger partial charge in [-0.05, 0) is 13.0 Å². The normalized spacial score (nSPS) is 11.4. The molecule has 0 N–H and O–H groups in total. The fourth-order valence-corrected chi connectivity index (χ4v) is 1.04. The van der Waals surface area contributed by atoms with E-state index >= 15 is 0 Å². The minimum Gasteiger partial charge on any atom is -0.320 e. The van der Waals surface area contributed by atoms with Gasteiger partial charge in [-0.2, -0.15) is 8.78 Å². The molecule has 0 heterocycles. The van der Waals surface area contributed by atoms with Gasteiger partial charge in [0.25, 0.3) is 0 Å². The summed E-state index contributed by atoms with van der Waals surface area (Å²) in [6, 6.07) is 5.23. The minimum atomic E-state index is -3.34. The maximum Gasteiger partial charge on any atom is 0.383 e. The smallest absolute Gasteiger partial charge is 0.320 e. The van der Waals surface area contributed by atoms with Gasteiger partial charge in [-0.25, -0.2) is 0 Å². The highest BCUT2D eigenvalue weighted by Gasteiger charge is 2.31. The fraction of sp³-hybridized carbons (Fsp3) is 0.300. The average molecular weight is 200 g/mol. The van der Waals surface area contributed by atoms with E-state index in [1.54, 1.807) is 0 Å². The minimum absolute atomic E-state index is 0.249. The van der Waals surface area contributed by atoms with Gasteiger partial charge in [-0.15, -0.1) is 0 Å². The van der Waals surface area contributed by atoms with E-state index in [1.807, 2.05) is 0 Å². The van der Waals surface area contributed by atoms with Crippen molar-refractivity contribution in [3.8, 4) is 0 Å². The van der Waals surface area contributed by atoms with E-state index in [4.69, 9.17) is 0 Å². The monoisotopic (exact) mass is 200 g/mol. The summed E-state index contributed by atoms with van der Waals surface area (Å²) in [4.78, 5) is 10.9. The Hall–Kier alpha value is -1.29. The standard InChI is InChI=1S/C10H10F2O2/c1-7(13)8-4-3-5-9(6-8)10(11,12)14-2/h3-6H,1-2H3. The Balaban J connectivity index is 3.12. The van der Waals surface area contributed by atoms with Gasteiger partial charge in [0.1, 0.15) is 0 Å². The molecular weight excluding hydrogens is 190 g/mol. The number of rotatable bonds is 3. The van der Waals surface area contributed by atoms with Crippen molar-refractivity contribution in [3.63, 3.8) is 0 Å². The van der Waals surface area contributed by atoms with Crippen molar-refractivity contribution in [1.82, 2.24) is 0 Å². The molecule has 14 heavy (non-hydrogen) atoms. The van der Waals surface area contributed by atoms with Gasteiger partial charge in [0.2, 0.25) is 0 Å². The van der Waals surface area contributed by atoms with Crippen molar-refractivity contribution in [2.24, 2.45) is 0 Å². The second-order valence-corrected chi connectivity index (χ2v) is 2.86. The quantitative estimate of drug-likeness (QED) is 0.701. The molecular formula is C10H10F2O2. The molecule has 0 spiro atoms. The molecule has 0 unspecified atom stereocenters. The van der Waals surface area contributed by atoms with Gasteiger partial charge in [0, 0.05) is 12.7 Å². The van der Waals surface area contributed by atoms with Crippen LogP contribution in [0.5, 0.6) is 0 Å². The lowest BCUT2D eigenvalue weighted by Crippen LogP contribution is -2.16. The first-order valence-electron chi connectivity index (χ1n) is 4.02. The third-order valence-electron chi connectivity index (χ3n) is 1.86. The molecule has 0 saturated heterocycles. The molecule has 76 valence electrons. The summed E-state index contributed by atoms with van der Waals surface area (Å²) in [5, 5.41) is 0. The molecule has 0 saturated carbocycles. The molecule has 2 nitrogen and oxygen atoms in total. The molecule has 0 aliphatic carbocycles. The Morgan fingerprint density at radius 3 is 2.57 bits per heavy atom. The summed E-state index contributed by atoms with van der Waals surface area (Å²) < 4.78 is 30.0. The largest absolute Gasteiger partial charge is 0.383 e. The summed E-state index contributed by atoms with van der Waals surface area (Å²) in [5.41, 5.74) is -0.0630. The number of Topliss-reactive ketones (excluding diaryl/α,β-unsaturated/α-hetero) is 1. The van der Waals surface area contributed by atoms with Crippen molar-refractivity contribution in [3.05, 3.63) is 35.4 Å². The van der Waals surface area contributed by atoms with Crippen LogP contribution < -0.4 is 0 Å². The Bertz CT molecular complexity index is 348. The van der Waals surface area contributed by atoms with Gasteiger partial charge in [-0.3, -0.25) is 4.79 Å². The number of alkyl halides is 2. The molecule has 1 aromatic carbocycles. The van der Waals surface area contributed by atoms with Gasteiger partial charge < -0.3 is 4.74 Å². The van der Waals surface area contributed by atoms with Crippen LogP contribution in [0.3, 0.4) is 0 Å². The highest BCUT2D eigenvalue weighted by atomic mass is 19.3. The van der Waals surface area contributed by atoms with Crippen LogP contribution >= 0.6 is 0 Å². The van der Waals surface area contributed by atoms with Crippen molar-refractivity contribution in [1.29, 1.82) is 0 Å². The maximum atomic E-state index is 13.0. The molecule has 1 aromatic rings. The van der Waals surface area contributed by atoms with Crippen LogP contribution in [0.4, 0.5) is 8.78 Å². The lowest BCUT2D eigenvalue weighted by molar-refractivity contribution is -0.231. The highest BCUT2D eigenvalue weighted by molar-refractivity contribution is 5.94. The summed E-state index contributed by atoms with van der Waals surface area (Å²) in [5.74, 6) is -0.251. The molecule has 1 rings (SSSR count). The number of hydrogen-bond donors (Lipinski definition) is 0. The van der Waals surface area contributed by atoms with E-state index in [-0.39, 0.29) is 16.9 Å².